The highest BCUT2D eigenvalue weighted by atomic mass is 79.9. The van der Waals surface area contributed by atoms with Gasteiger partial charge in [-0.05, 0) is 59.1 Å². The molecule has 0 fully saturated rings. The minimum Gasteiger partial charge on any atom is -0.487 e. The molecule has 0 saturated heterocycles. The summed E-state index contributed by atoms with van der Waals surface area (Å²) in [5.41, 5.74) is 3.42. The van der Waals surface area contributed by atoms with Gasteiger partial charge < -0.3 is 4.74 Å². The molecule has 0 radical (unpaired) electrons. The Balaban J connectivity index is 1.75. The summed E-state index contributed by atoms with van der Waals surface area (Å²) in [6, 6.07) is 9.50. The van der Waals surface area contributed by atoms with Crippen LogP contribution in [0.3, 0.4) is 0 Å². The predicted molar refractivity (Wildman–Crippen MR) is 142 cm³/mol. The Hall–Kier alpha value is -3.10. The molecule has 0 aliphatic rings. The molecule has 0 unspecified atom stereocenters. The van der Waals surface area contributed by atoms with Crippen LogP contribution in [0.15, 0.2) is 58.1 Å². The molecule has 3 aromatic heterocycles. The van der Waals surface area contributed by atoms with Gasteiger partial charge in [-0.1, -0.05) is 44.5 Å². The molecule has 36 heavy (non-hydrogen) atoms. The second kappa shape index (κ2) is 10.1. The number of aryl methyl sites for hydroxylation is 2. The SMILES string of the molecule is Cc1cnc(C(C)(C)C)nc1-c1cc(-n2c(C)cc(OCc3ccc(F)cc3)c(Br)c2=O)c(Cl)cn1. The number of ether oxygens (including phenoxy) is 1. The maximum atomic E-state index is 13.4. The van der Waals surface area contributed by atoms with Crippen LogP contribution in [0, 0.1) is 19.7 Å². The lowest BCUT2D eigenvalue weighted by molar-refractivity contribution is 0.302. The Morgan fingerprint density at radius 3 is 2.44 bits per heavy atom. The minimum absolute atomic E-state index is 0.186. The van der Waals surface area contributed by atoms with Gasteiger partial charge in [-0.2, -0.15) is 0 Å². The smallest absolute Gasteiger partial charge is 0.273 e. The van der Waals surface area contributed by atoms with Crippen LogP contribution in [0.1, 0.15) is 43.4 Å². The first-order valence-corrected chi connectivity index (χ1v) is 12.4. The molecule has 0 N–H and O–H groups in total. The highest BCUT2D eigenvalue weighted by molar-refractivity contribution is 9.10. The van der Waals surface area contributed by atoms with Crippen LogP contribution < -0.4 is 10.3 Å². The average molecular weight is 572 g/mol. The molecule has 0 aliphatic carbocycles. The standard InChI is InChI=1S/C27H25BrClFN4O2/c1-15-12-32-26(27(3,4)5)33-24(15)20-11-21(19(29)13-31-20)34-16(2)10-22(23(28)25(34)35)36-14-17-6-8-18(30)9-7-17/h6-13H,14H2,1-5H3. The van der Waals surface area contributed by atoms with Crippen LogP contribution in [0.4, 0.5) is 4.39 Å². The van der Waals surface area contributed by atoms with Crippen molar-refractivity contribution in [1.29, 1.82) is 0 Å². The van der Waals surface area contributed by atoms with Gasteiger partial charge in [0, 0.05) is 29.6 Å². The third kappa shape index (κ3) is 5.34. The van der Waals surface area contributed by atoms with Crippen molar-refractivity contribution in [1.82, 2.24) is 19.5 Å². The molecule has 0 amide bonds. The molecular formula is C27H25BrClFN4O2. The summed E-state index contributed by atoms with van der Waals surface area (Å²) >= 11 is 9.90. The van der Waals surface area contributed by atoms with Crippen LogP contribution in [0.2, 0.25) is 5.02 Å². The van der Waals surface area contributed by atoms with Crippen LogP contribution in [0.5, 0.6) is 5.75 Å². The zero-order chi connectivity index (χ0) is 26.2. The number of hydrogen-bond donors (Lipinski definition) is 0. The Morgan fingerprint density at radius 1 is 1.08 bits per heavy atom. The van der Waals surface area contributed by atoms with Crippen molar-refractivity contribution in [3.05, 3.63) is 97.1 Å². The quantitative estimate of drug-likeness (QED) is 0.265. The van der Waals surface area contributed by atoms with E-state index in [0.29, 0.717) is 39.4 Å². The van der Waals surface area contributed by atoms with E-state index in [4.69, 9.17) is 21.3 Å². The summed E-state index contributed by atoms with van der Waals surface area (Å²) in [7, 11) is 0. The zero-order valence-electron chi connectivity index (χ0n) is 20.6. The van der Waals surface area contributed by atoms with Crippen LogP contribution >= 0.6 is 27.5 Å². The zero-order valence-corrected chi connectivity index (χ0v) is 22.9. The molecular weight excluding hydrogens is 547 g/mol. The fraction of sp³-hybridized carbons (Fsp3) is 0.259. The second-order valence-corrected chi connectivity index (χ2v) is 10.7. The van der Waals surface area contributed by atoms with E-state index in [9.17, 15) is 9.18 Å². The lowest BCUT2D eigenvalue weighted by atomic mass is 9.95. The van der Waals surface area contributed by atoms with E-state index in [2.05, 4.69) is 25.9 Å². The first-order chi connectivity index (χ1) is 17.0. The highest BCUT2D eigenvalue weighted by Crippen LogP contribution is 2.30. The third-order valence-corrected chi connectivity index (χ3v) is 6.59. The molecule has 0 atom stereocenters. The first-order valence-electron chi connectivity index (χ1n) is 11.3. The summed E-state index contributed by atoms with van der Waals surface area (Å²) in [5, 5.41) is 0.318. The minimum atomic E-state index is -0.335. The van der Waals surface area contributed by atoms with Crippen molar-refractivity contribution in [2.75, 3.05) is 0 Å². The molecule has 0 bridgehead atoms. The Labute approximate surface area is 222 Å². The molecule has 4 aromatic rings. The van der Waals surface area contributed by atoms with Crippen LogP contribution in [-0.2, 0) is 12.0 Å². The van der Waals surface area contributed by atoms with Crippen molar-refractivity contribution in [3.8, 4) is 22.8 Å². The maximum Gasteiger partial charge on any atom is 0.273 e. The van der Waals surface area contributed by atoms with Crippen LogP contribution in [-0.4, -0.2) is 19.5 Å². The van der Waals surface area contributed by atoms with Gasteiger partial charge in [0.2, 0.25) is 0 Å². The number of rotatable bonds is 5. The highest BCUT2D eigenvalue weighted by Gasteiger charge is 2.21. The van der Waals surface area contributed by atoms with E-state index in [-0.39, 0.29) is 27.9 Å². The summed E-state index contributed by atoms with van der Waals surface area (Å²) < 4.78 is 20.8. The number of pyridine rings is 2. The fourth-order valence-electron chi connectivity index (χ4n) is 3.62. The molecule has 4 rings (SSSR count). The average Bonchev–Trinajstić information content (AvgIpc) is 2.82. The Kier molecular flexibility index (Phi) is 7.29. The van der Waals surface area contributed by atoms with Gasteiger partial charge in [0.1, 0.15) is 28.5 Å². The van der Waals surface area contributed by atoms with E-state index < -0.39 is 0 Å². The monoisotopic (exact) mass is 570 g/mol. The van der Waals surface area contributed by atoms with E-state index in [0.717, 1.165) is 11.1 Å². The number of benzene rings is 1. The topological polar surface area (TPSA) is 69.9 Å². The molecule has 0 spiro atoms. The van der Waals surface area contributed by atoms with E-state index in [1.807, 2.05) is 27.7 Å². The summed E-state index contributed by atoms with van der Waals surface area (Å²) in [5.74, 6) is 0.754. The van der Waals surface area contributed by atoms with Crippen molar-refractivity contribution in [3.63, 3.8) is 0 Å². The lowest BCUT2D eigenvalue weighted by Gasteiger charge is -2.19. The van der Waals surface area contributed by atoms with Gasteiger partial charge in [-0.15, -0.1) is 0 Å². The first kappa shape index (κ1) is 26.0. The maximum absolute atomic E-state index is 13.4. The molecule has 186 valence electrons. The van der Waals surface area contributed by atoms with Crippen molar-refractivity contribution >= 4 is 27.5 Å². The van der Waals surface area contributed by atoms with Gasteiger partial charge in [0.25, 0.3) is 5.56 Å². The largest absolute Gasteiger partial charge is 0.487 e. The number of hydrogen-bond acceptors (Lipinski definition) is 5. The molecule has 0 saturated carbocycles. The summed E-state index contributed by atoms with van der Waals surface area (Å²) in [6.45, 7) is 10.0. The van der Waals surface area contributed by atoms with E-state index in [1.54, 1.807) is 37.4 Å². The van der Waals surface area contributed by atoms with Gasteiger partial charge in [0.15, 0.2) is 0 Å². The van der Waals surface area contributed by atoms with Gasteiger partial charge in [-0.25, -0.2) is 14.4 Å². The summed E-state index contributed by atoms with van der Waals surface area (Å²) in [4.78, 5) is 27.1. The van der Waals surface area contributed by atoms with Crippen molar-refractivity contribution in [2.45, 2.75) is 46.6 Å². The molecule has 9 heteroatoms. The van der Waals surface area contributed by atoms with Crippen LogP contribution in [0.25, 0.3) is 17.1 Å². The van der Waals surface area contributed by atoms with Gasteiger partial charge >= 0.3 is 0 Å². The number of halogens is 3. The van der Waals surface area contributed by atoms with Crippen molar-refractivity contribution in [2.24, 2.45) is 0 Å². The normalized spacial score (nSPS) is 11.6. The summed E-state index contributed by atoms with van der Waals surface area (Å²) in [6.07, 6.45) is 3.30. The lowest BCUT2D eigenvalue weighted by Crippen LogP contribution is -2.22. The molecule has 6 nitrogen and oxygen atoms in total. The fourth-order valence-corrected chi connectivity index (χ4v) is 4.21. The Morgan fingerprint density at radius 2 is 1.78 bits per heavy atom. The molecule has 1 aromatic carbocycles. The second-order valence-electron chi connectivity index (χ2n) is 9.52. The van der Waals surface area contributed by atoms with Crippen molar-refractivity contribution < 1.29 is 9.13 Å². The van der Waals surface area contributed by atoms with Gasteiger partial charge in [-0.3, -0.25) is 14.3 Å². The number of aromatic nitrogens is 4. The van der Waals surface area contributed by atoms with E-state index >= 15 is 0 Å². The molecule has 0 aliphatic heterocycles. The number of nitrogens with zero attached hydrogens (tertiary/aromatic N) is 4. The van der Waals surface area contributed by atoms with E-state index in [1.165, 1.54) is 22.9 Å². The predicted octanol–water partition coefficient (Wildman–Crippen LogP) is 6.74. The Bertz CT molecular complexity index is 1500. The van der Waals surface area contributed by atoms with Gasteiger partial charge in [0.05, 0.1) is 22.1 Å². The molecule has 3 heterocycles. The third-order valence-electron chi connectivity index (χ3n) is 5.57.